The second kappa shape index (κ2) is 6.53. The van der Waals surface area contributed by atoms with Gasteiger partial charge in [0.1, 0.15) is 0 Å². The molecule has 3 nitrogen and oxygen atoms in total. The van der Waals surface area contributed by atoms with Crippen molar-refractivity contribution in [2.24, 2.45) is 0 Å². The monoisotopic (exact) mass is 283 g/mol. The minimum absolute atomic E-state index is 0.482. The molecule has 1 unspecified atom stereocenters. The molecule has 0 saturated heterocycles. The van der Waals surface area contributed by atoms with Crippen LogP contribution in [0.1, 0.15) is 38.7 Å². The van der Waals surface area contributed by atoms with E-state index in [1.165, 1.54) is 11.8 Å². The van der Waals surface area contributed by atoms with Gasteiger partial charge < -0.3 is 5.32 Å². The molecule has 1 rings (SSSR count). The largest absolute Gasteiger partial charge is 0.315 e. The van der Waals surface area contributed by atoms with Crippen LogP contribution in [0, 0.1) is 0 Å². The highest BCUT2D eigenvalue weighted by Crippen LogP contribution is 2.18. The van der Waals surface area contributed by atoms with Crippen LogP contribution in [0.3, 0.4) is 0 Å². The smallest absolute Gasteiger partial charge is 0.153 e. The van der Waals surface area contributed by atoms with E-state index >= 15 is 0 Å². The van der Waals surface area contributed by atoms with Crippen molar-refractivity contribution < 1.29 is 8.42 Å². The van der Waals surface area contributed by atoms with Crippen molar-refractivity contribution in [3.05, 3.63) is 35.9 Å². The molecule has 1 N–H and O–H groups in total. The third kappa shape index (κ3) is 4.96. The molecule has 0 amide bonds. The minimum atomic E-state index is -3.02. The Bertz CT molecular complexity index is 480. The molecule has 0 fully saturated rings. The Morgan fingerprint density at radius 3 is 2.32 bits per heavy atom. The van der Waals surface area contributed by atoms with Gasteiger partial charge in [0.2, 0.25) is 0 Å². The molecule has 0 bridgehead atoms. The SMILES string of the molecule is CC(CCNCC(C)(C)S(C)(=O)=O)c1ccccc1. The summed E-state index contributed by atoms with van der Waals surface area (Å²) in [7, 11) is -3.02. The van der Waals surface area contributed by atoms with Gasteiger partial charge in [-0.25, -0.2) is 8.42 Å². The number of hydrogen-bond acceptors (Lipinski definition) is 3. The van der Waals surface area contributed by atoms with E-state index in [1.807, 2.05) is 18.2 Å². The average molecular weight is 283 g/mol. The van der Waals surface area contributed by atoms with Gasteiger partial charge in [-0.2, -0.15) is 0 Å². The highest BCUT2D eigenvalue weighted by atomic mass is 32.2. The molecule has 0 aliphatic carbocycles. The molecule has 4 heteroatoms. The van der Waals surface area contributed by atoms with Crippen molar-refractivity contribution in [1.82, 2.24) is 5.32 Å². The van der Waals surface area contributed by atoms with Crippen LogP contribution < -0.4 is 5.32 Å². The lowest BCUT2D eigenvalue weighted by molar-refractivity contribution is 0.509. The molecule has 0 aliphatic heterocycles. The molecule has 0 heterocycles. The molecule has 0 aromatic heterocycles. The third-order valence-electron chi connectivity index (χ3n) is 3.68. The molecule has 1 aromatic carbocycles. The molecule has 1 aromatic rings. The summed E-state index contributed by atoms with van der Waals surface area (Å²) in [5.41, 5.74) is 1.33. The van der Waals surface area contributed by atoms with Crippen LogP contribution in [0.4, 0.5) is 0 Å². The fourth-order valence-corrected chi connectivity index (χ4v) is 2.15. The van der Waals surface area contributed by atoms with Crippen LogP contribution in [-0.4, -0.2) is 32.5 Å². The van der Waals surface area contributed by atoms with E-state index in [0.717, 1.165) is 13.0 Å². The van der Waals surface area contributed by atoms with Crippen molar-refractivity contribution >= 4 is 9.84 Å². The Labute approximate surface area is 117 Å². The number of benzene rings is 1. The molecule has 1 atom stereocenters. The second-order valence-corrected chi connectivity index (χ2v) is 8.46. The van der Waals surface area contributed by atoms with E-state index in [4.69, 9.17) is 0 Å². The molecular formula is C15H25NO2S. The number of rotatable bonds is 7. The van der Waals surface area contributed by atoms with Crippen molar-refractivity contribution in [2.45, 2.75) is 37.9 Å². The fraction of sp³-hybridized carbons (Fsp3) is 0.600. The second-order valence-electron chi connectivity index (χ2n) is 5.81. The lowest BCUT2D eigenvalue weighted by Crippen LogP contribution is -2.42. The van der Waals surface area contributed by atoms with Crippen molar-refractivity contribution in [2.75, 3.05) is 19.3 Å². The lowest BCUT2D eigenvalue weighted by Gasteiger charge is -2.23. The predicted octanol–water partition coefficient (Wildman–Crippen LogP) is 2.59. The first-order valence-electron chi connectivity index (χ1n) is 6.69. The zero-order valence-corrected chi connectivity index (χ0v) is 13.1. The standard InChI is InChI=1S/C15H25NO2S/c1-13(14-8-6-5-7-9-14)10-11-16-12-15(2,3)19(4,17)18/h5-9,13,16H,10-12H2,1-4H3. The highest BCUT2D eigenvalue weighted by Gasteiger charge is 2.29. The Morgan fingerprint density at radius 1 is 1.21 bits per heavy atom. The topological polar surface area (TPSA) is 46.2 Å². The van der Waals surface area contributed by atoms with Gasteiger partial charge in [-0.05, 0) is 38.3 Å². The molecule has 19 heavy (non-hydrogen) atoms. The summed E-state index contributed by atoms with van der Waals surface area (Å²) in [6.45, 7) is 7.03. The van der Waals surface area contributed by atoms with Gasteiger partial charge in [-0.1, -0.05) is 37.3 Å². The normalized spacial score (nSPS) is 14.3. The summed E-state index contributed by atoms with van der Waals surface area (Å²) in [5, 5.41) is 3.25. The van der Waals surface area contributed by atoms with Crippen LogP contribution in [0.2, 0.25) is 0 Å². The maximum atomic E-state index is 11.6. The first kappa shape index (κ1) is 16.2. The van der Waals surface area contributed by atoms with E-state index in [9.17, 15) is 8.42 Å². The molecule has 0 aliphatic rings. The van der Waals surface area contributed by atoms with Crippen LogP contribution in [0.5, 0.6) is 0 Å². The quantitative estimate of drug-likeness (QED) is 0.782. The maximum Gasteiger partial charge on any atom is 0.153 e. The summed E-state index contributed by atoms with van der Waals surface area (Å²) in [4.78, 5) is 0. The summed E-state index contributed by atoms with van der Waals surface area (Å²) >= 11 is 0. The Hall–Kier alpha value is -0.870. The summed E-state index contributed by atoms with van der Waals surface area (Å²) in [5.74, 6) is 0.482. The Morgan fingerprint density at radius 2 is 1.79 bits per heavy atom. The maximum absolute atomic E-state index is 11.6. The summed E-state index contributed by atoms with van der Waals surface area (Å²) in [6, 6.07) is 10.4. The molecule has 0 radical (unpaired) electrons. The highest BCUT2D eigenvalue weighted by molar-refractivity contribution is 7.92. The number of nitrogens with one attached hydrogen (secondary N) is 1. The van der Waals surface area contributed by atoms with Gasteiger partial charge in [0, 0.05) is 12.8 Å². The molecule has 0 saturated carbocycles. The number of sulfone groups is 1. The van der Waals surface area contributed by atoms with Gasteiger partial charge in [-0.15, -0.1) is 0 Å². The van der Waals surface area contributed by atoms with E-state index in [-0.39, 0.29) is 0 Å². The van der Waals surface area contributed by atoms with Crippen LogP contribution in [0.15, 0.2) is 30.3 Å². The first-order valence-corrected chi connectivity index (χ1v) is 8.58. The van der Waals surface area contributed by atoms with E-state index < -0.39 is 14.6 Å². The van der Waals surface area contributed by atoms with Crippen molar-refractivity contribution in [3.63, 3.8) is 0 Å². The first-order chi connectivity index (χ1) is 8.74. The molecule has 108 valence electrons. The summed E-state index contributed by atoms with van der Waals surface area (Å²) < 4.78 is 22.4. The Kier molecular flexibility index (Phi) is 5.56. The van der Waals surface area contributed by atoms with Gasteiger partial charge >= 0.3 is 0 Å². The molecular weight excluding hydrogens is 258 g/mol. The van der Waals surface area contributed by atoms with Crippen LogP contribution in [0.25, 0.3) is 0 Å². The number of hydrogen-bond donors (Lipinski definition) is 1. The fourth-order valence-electron chi connectivity index (χ4n) is 1.79. The third-order valence-corrected chi connectivity index (χ3v) is 5.83. The van der Waals surface area contributed by atoms with Crippen LogP contribution >= 0.6 is 0 Å². The lowest BCUT2D eigenvalue weighted by atomic mass is 9.98. The zero-order valence-electron chi connectivity index (χ0n) is 12.3. The predicted molar refractivity (Wildman–Crippen MR) is 81.3 cm³/mol. The van der Waals surface area contributed by atoms with Crippen LogP contribution in [-0.2, 0) is 9.84 Å². The van der Waals surface area contributed by atoms with E-state index in [0.29, 0.717) is 12.5 Å². The van der Waals surface area contributed by atoms with Gasteiger partial charge in [0.25, 0.3) is 0 Å². The van der Waals surface area contributed by atoms with Gasteiger partial charge in [0.05, 0.1) is 4.75 Å². The van der Waals surface area contributed by atoms with Gasteiger partial charge in [0.15, 0.2) is 9.84 Å². The van der Waals surface area contributed by atoms with E-state index in [2.05, 4.69) is 24.4 Å². The molecule has 0 spiro atoms. The Balaban J connectivity index is 2.36. The van der Waals surface area contributed by atoms with Crippen molar-refractivity contribution in [1.29, 1.82) is 0 Å². The van der Waals surface area contributed by atoms with Crippen molar-refractivity contribution in [3.8, 4) is 0 Å². The average Bonchev–Trinajstić information content (AvgIpc) is 2.34. The zero-order chi connectivity index (χ0) is 14.5. The summed E-state index contributed by atoms with van der Waals surface area (Å²) in [6.07, 6.45) is 2.30. The minimum Gasteiger partial charge on any atom is -0.315 e. The van der Waals surface area contributed by atoms with E-state index in [1.54, 1.807) is 13.8 Å². The van der Waals surface area contributed by atoms with Gasteiger partial charge in [-0.3, -0.25) is 0 Å².